The summed E-state index contributed by atoms with van der Waals surface area (Å²) in [5.41, 5.74) is 2.62. The first-order chi connectivity index (χ1) is 12.1. The fourth-order valence-corrected chi connectivity index (χ4v) is 3.88. The normalized spacial score (nSPS) is 26.4. The molecule has 2 amide bonds. The van der Waals surface area contributed by atoms with Crippen molar-refractivity contribution < 1.29 is 9.59 Å². The van der Waals surface area contributed by atoms with Crippen LogP contribution >= 0.6 is 0 Å². The van der Waals surface area contributed by atoms with Crippen LogP contribution in [-0.4, -0.2) is 60.4 Å². The number of carbonyl (C=O) groups is 2. The van der Waals surface area contributed by atoms with Gasteiger partial charge in [0.2, 0.25) is 11.8 Å². The Balaban J connectivity index is 1.25. The highest BCUT2D eigenvalue weighted by molar-refractivity contribution is 5.83. The van der Waals surface area contributed by atoms with Crippen LogP contribution < -0.4 is 5.32 Å². The van der Waals surface area contributed by atoms with Gasteiger partial charge in [0.1, 0.15) is 0 Å². The zero-order valence-electron chi connectivity index (χ0n) is 14.9. The molecule has 1 aromatic carbocycles. The third-order valence-corrected chi connectivity index (χ3v) is 5.69. The lowest BCUT2D eigenvalue weighted by Gasteiger charge is -2.34. The minimum Gasteiger partial charge on any atom is -0.352 e. The Labute approximate surface area is 149 Å². The molecule has 0 aromatic heterocycles. The molecule has 1 aromatic rings. The second kappa shape index (κ2) is 6.79. The Kier molecular flexibility index (Phi) is 4.50. The van der Waals surface area contributed by atoms with E-state index in [1.54, 1.807) is 0 Å². The molecule has 2 atom stereocenters. The van der Waals surface area contributed by atoms with E-state index in [1.807, 2.05) is 4.90 Å². The summed E-state index contributed by atoms with van der Waals surface area (Å²) in [6, 6.07) is 8.82. The number of rotatable bonds is 5. The lowest BCUT2D eigenvalue weighted by atomic mass is 10.0. The molecule has 1 N–H and O–H groups in total. The number of hydrogen-bond donors (Lipinski definition) is 1. The average molecular weight is 341 g/mol. The van der Waals surface area contributed by atoms with Crippen molar-refractivity contribution in [2.24, 2.45) is 5.92 Å². The monoisotopic (exact) mass is 341 g/mol. The van der Waals surface area contributed by atoms with Crippen molar-refractivity contribution in [2.75, 3.05) is 32.7 Å². The van der Waals surface area contributed by atoms with Crippen LogP contribution in [0.2, 0.25) is 0 Å². The van der Waals surface area contributed by atoms with Gasteiger partial charge < -0.3 is 10.2 Å². The van der Waals surface area contributed by atoms with E-state index in [1.165, 1.54) is 11.1 Å². The van der Waals surface area contributed by atoms with Crippen LogP contribution in [0.3, 0.4) is 0 Å². The second-order valence-electron chi connectivity index (χ2n) is 7.75. The predicted molar refractivity (Wildman–Crippen MR) is 96.2 cm³/mol. The van der Waals surface area contributed by atoms with Gasteiger partial charge in [-0.2, -0.15) is 0 Å². The zero-order valence-corrected chi connectivity index (χ0v) is 14.9. The summed E-state index contributed by atoms with van der Waals surface area (Å²) in [5.74, 6) is 0.987. The molecule has 0 spiro atoms. The van der Waals surface area contributed by atoms with Crippen LogP contribution in [0.25, 0.3) is 0 Å². The number of aryl methyl sites for hydroxylation is 1. The fourth-order valence-electron chi connectivity index (χ4n) is 3.88. The van der Waals surface area contributed by atoms with Crippen molar-refractivity contribution in [3.8, 4) is 0 Å². The summed E-state index contributed by atoms with van der Waals surface area (Å²) in [7, 11) is 0. The van der Waals surface area contributed by atoms with Gasteiger partial charge in [0.15, 0.2) is 0 Å². The first-order valence-corrected chi connectivity index (χ1v) is 9.48. The van der Waals surface area contributed by atoms with Crippen LogP contribution in [0.4, 0.5) is 0 Å². The van der Waals surface area contributed by atoms with E-state index in [0.29, 0.717) is 24.4 Å². The molecule has 5 heteroatoms. The lowest BCUT2D eigenvalue weighted by molar-refractivity contribution is -0.134. The maximum absolute atomic E-state index is 12.8. The summed E-state index contributed by atoms with van der Waals surface area (Å²) in [5, 5.41) is 3.03. The summed E-state index contributed by atoms with van der Waals surface area (Å²) < 4.78 is 0. The summed E-state index contributed by atoms with van der Waals surface area (Å²) in [6.45, 7) is 5.67. The standard InChI is InChI=1S/C20H27N3O2/c1-14-4-2-3-5-16(14)17-12-18(17)20(25)23-10-8-22(9-11-23)13-19(24)21-15-6-7-15/h2-5,15,17-18H,6-13H2,1H3,(H,21,24)/t17-,18+/m1/s1. The number of benzene rings is 1. The average Bonchev–Trinajstić information content (AvgIpc) is 3.50. The van der Waals surface area contributed by atoms with Crippen molar-refractivity contribution in [3.63, 3.8) is 0 Å². The highest BCUT2D eigenvalue weighted by Gasteiger charge is 2.46. The largest absolute Gasteiger partial charge is 0.352 e. The van der Waals surface area contributed by atoms with E-state index in [9.17, 15) is 9.59 Å². The smallest absolute Gasteiger partial charge is 0.234 e. The summed E-state index contributed by atoms with van der Waals surface area (Å²) in [4.78, 5) is 28.8. The van der Waals surface area contributed by atoms with Gasteiger partial charge in [-0.25, -0.2) is 0 Å². The Bertz CT molecular complexity index is 663. The SMILES string of the molecule is Cc1ccccc1[C@H]1C[C@@H]1C(=O)N1CCN(CC(=O)NC2CC2)CC1. The maximum Gasteiger partial charge on any atom is 0.234 e. The number of piperazine rings is 1. The third kappa shape index (κ3) is 3.87. The Morgan fingerprint density at radius 3 is 2.52 bits per heavy atom. The number of nitrogens with zero attached hydrogens (tertiary/aromatic N) is 2. The van der Waals surface area contributed by atoms with E-state index < -0.39 is 0 Å². The van der Waals surface area contributed by atoms with Crippen LogP contribution in [-0.2, 0) is 9.59 Å². The van der Waals surface area contributed by atoms with Gasteiger partial charge in [-0.1, -0.05) is 24.3 Å². The highest BCUT2D eigenvalue weighted by Crippen LogP contribution is 2.49. The van der Waals surface area contributed by atoms with E-state index in [0.717, 1.165) is 45.4 Å². The van der Waals surface area contributed by atoms with Gasteiger partial charge in [-0.05, 0) is 43.2 Å². The number of amides is 2. The predicted octanol–water partition coefficient (Wildman–Crippen LogP) is 1.52. The van der Waals surface area contributed by atoms with Crippen LogP contribution in [0.1, 0.15) is 36.3 Å². The molecule has 25 heavy (non-hydrogen) atoms. The molecule has 2 aliphatic carbocycles. The Hall–Kier alpha value is -1.88. The lowest BCUT2D eigenvalue weighted by Crippen LogP contribution is -2.51. The first-order valence-electron chi connectivity index (χ1n) is 9.48. The molecule has 134 valence electrons. The van der Waals surface area contributed by atoms with Crippen molar-refractivity contribution >= 4 is 11.8 Å². The van der Waals surface area contributed by atoms with Crippen LogP contribution in [0, 0.1) is 12.8 Å². The van der Waals surface area contributed by atoms with Gasteiger partial charge in [-0.3, -0.25) is 14.5 Å². The fraction of sp³-hybridized carbons (Fsp3) is 0.600. The molecule has 0 unspecified atom stereocenters. The molecule has 0 radical (unpaired) electrons. The zero-order chi connectivity index (χ0) is 17.4. The van der Waals surface area contributed by atoms with E-state index in [4.69, 9.17) is 0 Å². The molecule has 1 heterocycles. The molecular weight excluding hydrogens is 314 g/mol. The number of hydrogen-bond acceptors (Lipinski definition) is 3. The maximum atomic E-state index is 12.8. The van der Waals surface area contributed by atoms with Crippen molar-refractivity contribution in [1.29, 1.82) is 0 Å². The molecule has 2 saturated carbocycles. The van der Waals surface area contributed by atoms with Gasteiger partial charge in [-0.15, -0.1) is 0 Å². The number of carbonyl (C=O) groups excluding carboxylic acids is 2. The number of nitrogens with one attached hydrogen (secondary N) is 1. The summed E-state index contributed by atoms with van der Waals surface area (Å²) in [6.07, 6.45) is 3.22. The second-order valence-corrected chi connectivity index (χ2v) is 7.75. The van der Waals surface area contributed by atoms with Crippen LogP contribution in [0.5, 0.6) is 0 Å². The molecule has 4 rings (SSSR count). The van der Waals surface area contributed by atoms with Crippen molar-refractivity contribution in [2.45, 2.75) is 38.1 Å². The van der Waals surface area contributed by atoms with Crippen LogP contribution in [0.15, 0.2) is 24.3 Å². The van der Waals surface area contributed by atoms with E-state index >= 15 is 0 Å². The topological polar surface area (TPSA) is 52.7 Å². The Morgan fingerprint density at radius 1 is 1.12 bits per heavy atom. The Morgan fingerprint density at radius 2 is 1.84 bits per heavy atom. The summed E-state index contributed by atoms with van der Waals surface area (Å²) >= 11 is 0. The first kappa shape index (κ1) is 16.6. The molecule has 0 bridgehead atoms. The van der Waals surface area contributed by atoms with Gasteiger partial charge in [0, 0.05) is 38.1 Å². The molecular formula is C20H27N3O2. The van der Waals surface area contributed by atoms with Crippen molar-refractivity contribution in [1.82, 2.24) is 15.1 Å². The molecule has 1 saturated heterocycles. The third-order valence-electron chi connectivity index (χ3n) is 5.69. The van der Waals surface area contributed by atoms with E-state index in [-0.39, 0.29) is 11.8 Å². The van der Waals surface area contributed by atoms with E-state index in [2.05, 4.69) is 41.4 Å². The minimum absolute atomic E-state index is 0.129. The molecule has 3 aliphatic rings. The highest BCUT2D eigenvalue weighted by atomic mass is 16.2. The van der Waals surface area contributed by atoms with Gasteiger partial charge >= 0.3 is 0 Å². The quantitative estimate of drug-likeness (QED) is 0.883. The molecule has 1 aliphatic heterocycles. The minimum atomic E-state index is 0.129. The molecule has 3 fully saturated rings. The van der Waals surface area contributed by atoms with Gasteiger partial charge in [0.05, 0.1) is 6.54 Å². The van der Waals surface area contributed by atoms with Gasteiger partial charge in [0.25, 0.3) is 0 Å². The van der Waals surface area contributed by atoms with Crippen molar-refractivity contribution in [3.05, 3.63) is 35.4 Å². The molecule has 5 nitrogen and oxygen atoms in total.